The molecule has 1 saturated heterocycles. The molecule has 3 rings (SSSR count). The van der Waals surface area contributed by atoms with Crippen molar-refractivity contribution in [1.82, 2.24) is 14.9 Å². The van der Waals surface area contributed by atoms with Crippen molar-refractivity contribution in [1.29, 1.82) is 0 Å². The molecule has 0 aliphatic carbocycles. The average Bonchev–Trinajstić information content (AvgIpc) is 2.93. The molecule has 0 saturated carbocycles. The highest BCUT2D eigenvalue weighted by Crippen LogP contribution is 2.33. The Hall–Kier alpha value is -1.26. The Bertz CT molecular complexity index is 651. The third-order valence-electron chi connectivity index (χ3n) is 3.37. The van der Waals surface area contributed by atoms with Gasteiger partial charge in [0.1, 0.15) is 5.82 Å². The van der Waals surface area contributed by atoms with E-state index in [2.05, 4.69) is 10.3 Å². The monoisotopic (exact) mass is 297 g/mol. The topological polar surface area (TPSA) is 46.9 Å². The van der Waals surface area contributed by atoms with Gasteiger partial charge in [0.2, 0.25) is 5.91 Å². The highest BCUT2D eigenvalue weighted by molar-refractivity contribution is 6.35. The number of carbonyl (C=O) groups is 1. The summed E-state index contributed by atoms with van der Waals surface area (Å²) in [6.45, 7) is 2.46. The van der Waals surface area contributed by atoms with Crippen LogP contribution in [-0.4, -0.2) is 22.0 Å². The van der Waals surface area contributed by atoms with E-state index < -0.39 is 0 Å². The summed E-state index contributed by atoms with van der Waals surface area (Å²) in [5.74, 6) is 0.804. The first-order chi connectivity index (χ1) is 9.08. The number of fused-ring (bicyclic) bond motifs is 1. The first-order valence-corrected chi connectivity index (χ1v) is 6.96. The van der Waals surface area contributed by atoms with Crippen molar-refractivity contribution in [3.8, 4) is 0 Å². The molecule has 0 spiro atoms. The SMILES string of the molecule is CC(Cl)c1nc2cccc(Cl)c2n1C1CNC(=O)C1. The Morgan fingerprint density at radius 1 is 1.53 bits per heavy atom. The van der Waals surface area contributed by atoms with E-state index in [0.29, 0.717) is 18.0 Å². The van der Waals surface area contributed by atoms with Crippen molar-refractivity contribution in [2.45, 2.75) is 24.8 Å². The smallest absolute Gasteiger partial charge is 0.222 e. The van der Waals surface area contributed by atoms with Crippen LogP contribution in [0.4, 0.5) is 0 Å². The normalized spacial score (nSPS) is 20.8. The number of alkyl halides is 1. The number of imidazole rings is 1. The standard InChI is InChI=1S/C13H13Cl2N3O/c1-7(14)13-17-10-4-2-3-9(15)12(10)18(13)8-5-11(19)16-6-8/h2-4,7-8H,5-6H2,1H3,(H,16,19). The molecule has 1 fully saturated rings. The second kappa shape index (κ2) is 4.69. The molecule has 2 atom stereocenters. The Morgan fingerprint density at radius 3 is 2.95 bits per heavy atom. The first-order valence-electron chi connectivity index (χ1n) is 6.15. The maximum Gasteiger partial charge on any atom is 0.222 e. The van der Waals surface area contributed by atoms with Gasteiger partial charge in [-0.15, -0.1) is 11.6 Å². The number of para-hydroxylation sites is 1. The summed E-state index contributed by atoms with van der Waals surface area (Å²) < 4.78 is 2.01. The van der Waals surface area contributed by atoms with Gasteiger partial charge in [0.25, 0.3) is 0 Å². The maximum absolute atomic E-state index is 11.4. The minimum absolute atomic E-state index is 0.0219. The molecule has 2 unspecified atom stereocenters. The van der Waals surface area contributed by atoms with Crippen molar-refractivity contribution in [2.75, 3.05) is 6.54 Å². The molecule has 2 aromatic rings. The number of halogens is 2. The van der Waals surface area contributed by atoms with Gasteiger partial charge >= 0.3 is 0 Å². The molecule has 100 valence electrons. The van der Waals surface area contributed by atoms with Crippen molar-refractivity contribution in [2.24, 2.45) is 0 Å². The van der Waals surface area contributed by atoms with Crippen LogP contribution in [0.25, 0.3) is 11.0 Å². The van der Waals surface area contributed by atoms with Gasteiger partial charge in [-0.2, -0.15) is 0 Å². The Morgan fingerprint density at radius 2 is 2.32 bits per heavy atom. The van der Waals surface area contributed by atoms with Gasteiger partial charge in [0.15, 0.2) is 0 Å². The molecule has 1 aliphatic rings. The number of nitrogens with one attached hydrogen (secondary N) is 1. The van der Waals surface area contributed by atoms with Gasteiger partial charge in [-0.25, -0.2) is 4.98 Å². The number of hydrogen-bond donors (Lipinski definition) is 1. The van der Waals surface area contributed by atoms with Crippen molar-refractivity contribution in [3.05, 3.63) is 29.0 Å². The lowest BCUT2D eigenvalue weighted by molar-refractivity contribution is -0.119. The lowest BCUT2D eigenvalue weighted by atomic mass is 10.2. The fraction of sp³-hybridized carbons (Fsp3) is 0.385. The Balaban J connectivity index is 2.24. The predicted molar refractivity (Wildman–Crippen MR) is 75.7 cm³/mol. The number of aromatic nitrogens is 2. The molecule has 1 aliphatic heterocycles. The van der Waals surface area contributed by atoms with Gasteiger partial charge in [-0.3, -0.25) is 4.79 Å². The summed E-state index contributed by atoms with van der Waals surface area (Å²) in [6, 6.07) is 5.62. The molecule has 1 N–H and O–H groups in total. The minimum Gasteiger partial charge on any atom is -0.354 e. The van der Waals surface area contributed by atoms with Crippen molar-refractivity contribution < 1.29 is 4.79 Å². The molecule has 1 aromatic carbocycles. The van der Waals surface area contributed by atoms with Gasteiger partial charge < -0.3 is 9.88 Å². The molecule has 2 heterocycles. The maximum atomic E-state index is 11.4. The van der Waals surface area contributed by atoms with Crippen LogP contribution in [0.3, 0.4) is 0 Å². The van der Waals surface area contributed by atoms with Crippen LogP contribution < -0.4 is 5.32 Å². The minimum atomic E-state index is -0.237. The fourth-order valence-electron chi connectivity index (χ4n) is 2.55. The van der Waals surface area contributed by atoms with Crippen LogP contribution >= 0.6 is 23.2 Å². The molecule has 19 heavy (non-hydrogen) atoms. The van der Waals surface area contributed by atoms with Crippen LogP contribution in [0.1, 0.15) is 30.6 Å². The molecular formula is C13H13Cl2N3O. The highest BCUT2D eigenvalue weighted by Gasteiger charge is 2.28. The third-order valence-corrected chi connectivity index (χ3v) is 3.87. The Kier molecular flexibility index (Phi) is 3.15. The summed E-state index contributed by atoms with van der Waals surface area (Å²) in [4.78, 5) is 16.0. The van der Waals surface area contributed by atoms with Crippen molar-refractivity contribution >= 4 is 40.1 Å². The van der Waals surface area contributed by atoms with Crippen LogP contribution in [0.5, 0.6) is 0 Å². The number of benzene rings is 1. The molecule has 1 amide bonds. The van der Waals surface area contributed by atoms with E-state index >= 15 is 0 Å². The van der Waals surface area contributed by atoms with Crippen LogP contribution in [0.2, 0.25) is 5.02 Å². The summed E-state index contributed by atoms with van der Waals surface area (Å²) in [5, 5.41) is 3.23. The number of rotatable bonds is 2. The van der Waals surface area contributed by atoms with Gasteiger partial charge in [0, 0.05) is 13.0 Å². The summed E-state index contributed by atoms with van der Waals surface area (Å²) in [7, 11) is 0. The van der Waals surface area contributed by atoms with Crippen LogP contribution in [-0.2, 0) is 4.79 Å². The quantitative estimate of drug-likeness (QED) is 0.866. The number of nitrogens with zero attached hydrogens (tertiary/aromatic N) is 2. The summed E-state index contributed by atoms with van der Waals surface area (Å²) in [6.07, 6.45) is 0.438. The molecule has 0 bridgehead atoms. The molecule has 6 heteroatoms. The van der Waals surface area contributed by atoms with E-state index in [1.807, 2.05) is 29.7 Å². The predicted octanol–water partition coefficient (Wildman–Crippen LogP) is 3.05. The molecule has 4 nitrogen and oxygen atoms in total. The van der Waals surface area contributed by atoms with Crippen LogP contribution in [0.15, 0.2) is 18.2 Å². The fourth-order valence-corrected chi connectivity index (χ4v) is 2.96. The second-order valence-corrected chi connectivity index (χ2v) is 5.79. The zero-order valence-corrected chi connectivity index (χ0v) is 11.9. The summed E-state index contributed by atoms with van der Waals surface area (Å²) >= 11 is 12.5. The van der Waals surface area contributed by atoms with E-state index in [1.165, 1.54) is 0 Å². The largest absolute Gasteiger partial charge is 0.354 e. The zero-order chi connectivity index (χ0) is 13.6. The first kappa shape index (κ1) is 12.8. The molecule has 1 aromatic heterocycles. The third kappa shape index (κ3) is 2.09. The summed E-state index contributed by atoms with van der Waals surface area (Å²) in [5.41, 5.74) is 1.67. The number of carbonyl (C=O) groups excluding carboxylic acids is 1. The molecular weight excluding hydrogens is 285 g/mol. The zero-order valence-electron chi connectivity index (χ0n) is 10.4. The van der Waals surface area contributed by atoms with Crippen LogP contribution in [0, 0.1) is 0 Å². The van der Waals surface area contributed by atoms with E-state index in [-0.39, 0.29) is 17.3 Å². The molecule has 0 radical (unpaired) electrons. The second-order valence-electron chi connectivity index (χ2n) is 4.73. The van der Waals surface area contributed by atoms with E-state index in [0.717, 1.165) is 16.9 Å². The Labute approximate surface area is 120 Å². The lowest BCUT2D eigenvalue weighted by Gasteiger charge is -2.16. The number of amides is 1. The van der Waals surface area contributed by atoms with E-state index in [9.17, 15) is 4.79 Å². The average molecular weight is 298 g/mol. The van der Waals surface area contributed by atoms with Gasteiger partial charge in [-0.1, -0.05) is 17.7 Å². The van der Waals surface area contributed by atoms with Gasteiger partial charge in [0.05, 0.1) is 27.5 Å². The van der Waals surface area contributed by atoms with E-state index in [4.69, 9.17) is 23.2 Å². The van der Waals surface area contributed by atoms with E-state index in [1.54, 1.807) is 0 Å². The van der Waals surface area contributed by atoms with Gasteiger partial charge in [-0.05, 0) is 19.1 Å². The lowest BCUT2D eigenvalue weighted by Crippen LogP contribution is -2.17. The van der Waals surface area contributed by atoms with Crippen molar-refractivity contribution in [3.63, 3.8) is 0 Å². The number of hydrogen-bond acceptors (Lipinski definition) is 2. The highest BCUT2D eigenvalue weighted by atomic mass is 35.5.